The number of rotatable bonds is 6. The van der Waals surface area contributed by atoms with Gasteiger partial charge in [0.2, 0.25) is 5.78 Å². The van der Waals surface area contributed by atoms with Gasteiger partial charge in [-0.25, -0.2) is 4.98 Å². The second-order valence-corrected chi connectivity index (χ2v) is 5.22. The molecule has 0 atom stereocenters. The Balaban J connectivity index is 1.49. The van der Waals surface area contributed by atoms with Gasteiger partial charge in [-0.05, 0) is 24.3 Å². The third-order valence-electron chi connectivity index (χ3n) is 2.75. The molecule has 2 aromatic heterocycles. The first-order valence-corrected chi connectivity index (χ1v) is 7.41. The van der Waals surface area contributed by atoms with Gasteiger partial charge in [-0.2, -0.15) is 0 Å². The normalized spacial score (nSPS) is 10.7. The number of aromatic nitrogens is 1. The van der Waals surface area contributed by atoms with Gasteiger partial charge in [0.1, 0.15) is 11.3 Å². The summed E-state index contributed by atoms with van der Waals surface area (Å²) >= 11 is 1.12. The largest absolute Gasteiger partial charge is 0.461 e. The van der Waals surface area contributed by atoms with Crippen molar-refractivity contribution in [2.24, 2.45) is 0 Å². The molecule has 0 spiro atoms. The molecule has 3 aromatic rings. The van der Waals surface area contributed by atoms with Crippen molar-refractivity contribution < 1.29 is 23.2 Å². The van der Waals surface area contributed by atoms with Crippen LogP contribution in [0.5, 0.6) is 0 Å². The fraction of sp³-hybridized carbons (Fsp3) is 0.133. The fourth-order valence-corrected chi connectivity index (χ4v) is 2.37. The third-order valence-corrected chi connectivity index (χ3v) is 3.55. The van der Waals surface area contributed by atoms with Gasteiger partial charge in [-0.15, -0.1) is 0 Å². The smallest absolute Gasteiger partial charge is 0.316 e. The number of Topliss-reactive ketones (excluding diaryl/α,β-unsaturated/α-hetero) is 1. The maximum absolute atomic E-state index is 11.6. The van der Waals surface area contributed by atoms with Gasteiger partial charge >= 0.3 is 5.97 Å². The van der Waals surface area contributed by atoms with Gasteiger partial charge in [0.05, 0.1) is 6.26 Å². The van der Waals surface area contributed by atoms with Crippen LogP contribution in [0.25, 0.3) is 11.1 Å². The molecule has 0 saturated carbocycles. The Kier molecular flexibility index (Phi) is 4.24. The number of esters is 1. The van der Waals surface area contributed by atoms with Crippen molar-refractivity contribution in [1.29, 1.82) is 0 Å². The lowest BCUT2D eigenvalue weighted by Crippen LogP contribution is -2.15. The molecular weight excluding hydrogens is 306 g/mol. The molecule has 22 heavy (non-hydrogen) atoms. The van der Waals surface area contributed by atoms with Crippen LogP contribution in [0.1, 0.15) is 10.6 Å². The molecule has 0 aliphatic heterocycles. The van der Waals surface area contributed by atoms with E-state index in [1.165, 1.54) is 12.3 Å². The number of fused-ring (bicyclic) bond motifs is 1. The van der Waals surface area contributed by atoms with Gasteiger partial charge in [-0.1, -0.05) is 23.9 Å². The highest BCUT2D eigenvalue weighted by molar-refractivity contribution is 7.99. The number of para-hydroxylation sites is 2. The summed E-state index contributed by atoms with van der Waals surface area (Å²) in [5.41, 5.74) is 1.39. The minimum absolute atomic E-state index is 0.0122. The highest BCUT2D eigenvalue weighted by Gasteiger charge is 2.14. The second kappa shape index (κ2) is 6.48. The number of hydrogen-bond acceptors (Lipinski definition) is 7. The number of nitrogens with zero attached hydrogens (tertiary/aromatic N) is 1. The second-order valence-electron chi connectivity index (χ2n) is 4.30. The molecular formula is C15H11NO5S. The van der Waals surface area contributed by atoms with E-state index < -0.39 is 5.97 Å². The molecule has 0 amide bonds. The van der Waals surface area contributed by atoms with E-state index in [2.05, 4.69) is 4.98 Å². The Bertz CT molecular complexity index is 760. The monoisotopic (exact) mass is 317 g/mol. The average molecular weight is 317 g/mol. The molecule has 0 N–H and O–H groups in total. The van der Waals surface area contributed by atoms with Crippen molar-refractivity contribution in [1.82, 2.24) is 4.98 Å². The van der Waals surface area contributed by atoms with Crippen molar-refractivity contribution in [3.8, 4) is 0 Å². The Labute approximate surface area is 129 Å². The van der Waals surface area contributed by atoms with Crippen molar-refractivity contribution in [2.75, 3.05) is 12.4 Å². The molecule has 112 valence electrons. The van der Waals surface area contributed by atoms with Gasteiger partial charge in [-0.3, -0.25) is 9.59 Å². The van der Waals surface area contributed by atoms with Crippen LogP contribution in [0.3, 0.4) is 0 Å². The van der Waals surface area contributed by atoms with E-state index >= 15 is 0 Å². The highest BCUT2D eigenvalue weighted by atomic mass is 32.2. The summed E-state index contributed by atoms with van der Waals surface area (Å²) in [4.78, 5) is 27.4. The highest BCUT2D eigenvalue weighted by Crippen LogP contribution is 2.23. The number of thioether (sulfide) groups is 1. The molecule has 6 nitrogen and oxygen atoms in total. The lowest BCUT2D eigenvalue weighted by Gasteiger charge is -2.01. The predicted octanol–water partition coefficient (Wildman–Crippen LogP) is 2.94. The Morgan fingerprint density at radius 2 is 2.05 bits per heavy atom. The summed E-state index contributed by atoms with van der Waals surface area (Å²) in [7, 11) is 0. The SMILES string of the molecule is O=C(CSc1nc2ccccc2o1)OCC(=O)c1ccco1. The molecule has 0 aliphatic rings. The zero-order chi connectivity index (χ0) is 15.4. The summed E-state index contributed by atoms with van der Waals surface area (Å²) in [6.07, 6.45) is 1.39. The molecule has 3 rings (SSSR count). The van der Waals surface area contributed by atoms with Gasteiger partial charge < -0.3 is 13.6 Å². The van der Waals surface area contributed by atoms with Crippen molar-refractivity contribution in [3.63, 3.8) is 0 Å². The number of ether oxygens (including phenoxy) is 1. The summed E-state index contributed by atoms with van der Waals surface area (Å²) < 4.78 is 15.3. The van der Waals surface area contributed by atoms with Crippen molar-refractivity contribution in [2.45, 2.75) is 5.22 Å². The number of carbonyl (C=O) groups is 2. The number of oxazole rings is 1. The Morgan fingerprint density at radius 3 is 2.82 bits per heavy atom. The number of benzene rings is 1. The van der Waals surface area contributed by atoms with Crippen LogP contribution in [0.4, 0.5) is 0 Å². The lowest BCUT2D eigenvalue weighted by atomic mass is 10.3. The quantitative estimate of drug-likeness (QED) is 0.392. The number of hydrogen-bond donors (Lipinski definition) is 0. The molecule has 0 unspecified atom stereocenters. The van der Waals surface area contributed by atoms with Gasteiger partial charge in [0, 0.05) is 0 Å². The third kappa shape index (κ3) is 3.37. The van der Waals surface area contributed by atoms with Crippen molar-refractivity contribution >= 4 is 34.6 Å². The van der Waals surface area contributed by atoms with Gasteiger partial charge in [0.15, 0.2) is 18.0 Å². The molecule has 7 heteroatoms. The first kappa shape index (κ1) is 14.4. The maximum atomic E-state index is 11.6. The lowest BCUT2D eigenvalue weighted by molar-refractivity contribution is -0.139. The summed E-state index contributed by atoms with van der Waals surface area (Å²) in [5, 5.41) is 0.385. The summed E-state index contributed by atoms with van der Waals surface area (Å²) in [6, 6.07) is 10.4. The van der Waals surface area contributed by atoms with E-state index in [1.54, 1.807) is 12.1 Å². The van der Waals surface area contributed by atoms with E-state index in [1.807, 2.05) is 18.2 Å². The fourth-order valence-electron chi connectivity index (χ4n) is 1.73. The summed E-state index contributed by atoms with van der Waals surface area (Å²) in [6.45, 7) is -0.347. The Hall–Kier alpha value is -2.54. The Morgan fingerprint density at radius 1 is 1.18 bits per heavy atom. The molecule has 0 bridgehead atoms. The standard InChI is InChI=1S/C15H11NO5S/c17-11(13-6-3-7-19-13)8-20-14(18)9-22-15-16-10-4-1-2-5-12(10)21-15/h1-7H,8-9H2. The van der Waals surface area contributed by atoms with Crippen LogP contribution >= 0.6 is 11.8 Å². The van der Waals surface area contributed by atoms with Crippen LogP contribution in [0.2, 0.25) is 0 Å². The maximum Gasteiger partial charge on any atom is 0.316 e. The van der Waals surface area contributed by atoms with Crippen LogP contribution < -0.4 is 0 Å². The first-order chi connectivity index (χ1) is 10.7. The van der Waals surface area contributed by atoms with Gasteiger partial charge in [0.25, 0.3) is 5.22 Å². The summed E-state index contributed by atoms with van der Waals surface area (Å²) in [5.74, 6) is -0.727. The molecule has 0 saturated heterocycles. The first-order valence-electron chi connectivity index (χ1n) is 6.43. The molecule has 0 radical (unpaired) electrons. The zero-order valence-corrected chi connectivity index (χ0v) is 12.2. The average Bonchev–Trinajstić information content (AvgIpc) is 3.19. The topological polar surface area (TPSA) is 82.5 Å². The zero-order valence-electron chi connectivity index (χ0n) is 11.4. The van der Waals surface area contributed by atoms with E-state index in [4.69, 9.17) is 13.6 Å². The minimum Gasteiger partial charge on any atom is -0.461 e. The number of ketones is 1. The predicted molar refractivity (Wildman–Crippen MR) is 78.7 cm³/mol. The van der Waals surface area contributed by atoms with E-state index in [0.717, 1.165) is 17.3 Å². The molecule has 0 aliphatic carbocycles. The molecule has 1 aromatic carbocycles. The minimum atomic E-state index is -0.521. The molecule has 2 heterocycles. The van der Waals surface area contributed by atoms with E-state index in [-0.39, 0.29) is 23.9 Å². The van der Waals surface area contributed by atoms with Crippen LogP contribution in [-0.4, -0.2) is 29.1 Å². The molecule has 0 fully saturated rings. The van der Waals surface area contributed by atoms with Crippen LogP contribution in [0.15, 0.2) is 56.7 Å². The van der Waals surface area contributed by atoms with Crippen LogP contribution in [0, 0.1) is 0 Å². The van der Waals surface area contributed by atoms with Crippen LogP contribution in [-0.2, 0) is 9.53 Å². The number of carbonyl (C=O) groups excluding carboxylic acids is 2. The van der Waals surface area contributed by atoms with Crippen molar-refractivity contribution in [3.05, 3.63) is 48.4 Å². The number of furan rings is 1. The van der Waals surface area contributed by atoms with E-state index in [0.29, 0.717) is 10.8 Å². The van der Waals surface area contributed by atoms with E-state index in [9.17, 15) is 9.59 Å².